The topological polar surface area (TPSA) is 48.2 Å². The molecule has 0 N–H and O–H groups in total. The lowest BCUT2D eigenvalue weighted by Gasteiger charge is -2.19. The van der Waals surface area contributed by atoms with Crippen molar-refractivity contribution in [2.75, 3.05) is 0 Å². The third kappa shape index (κ3) is 3.77. The van der Waals surface area contributed by atoms with Crippen molar-refractivity contribution in [3.63, 3.8) is 0 Å². The molecule has 0 amide bonds. The smallest absolute Gasteiger partial charge is 0.247 e. The van der Waals surface area contributed by atoms with Gasteiger partial charge in [-0.3, -0.25) is 0 Å². The summed E-state index contributed by atoms with van der Waals surface area (Å²) in [4.78, 5) is 0. The largest absolute Gasteiger partial charge is 0.489 e. The van der Waals surface area contributed by atoms with Crippen LogP contribution in [0.2, 0.25) is 0 Å². The molecule has 1 aromatic heterocycles. The highest BCUT2D eigenvalue weighted by Gasteiger charge is 2.12. The quantitative estimate of drug-likeness (QED) is 0.706. The summed E-state index contributed by atoms with van der Waals surface area (Å²) in [5.74, 6) is 1.27. The SMILES string of the molecule is CC(C)(C)c1ccc(COc2cccc(-c3nnco3)c2)cc1. The third-order valence-corrected chi connectivity index (χ3v) is 3.67. The minimum atomic E-state index is 0.164. The Kier molecular flexibility index (Phi) is 4.15. The maximum Gasteiger partial charge on any atom is 0.247 e. The third-order valence-electron chi connectivity index (χ3n) is 3.67. The average molecular weight is 308 g/mol. The number of ether oxygens (including phenoxy) is 1. The van der Waals surface area contributed by atoms with E-state index in [0.717, 1.165) is 16.9 Å². The molecule has 0 fully saturated rings. The Morgan fingerprint density at radius 3 is 2.48 bits per heavy atom. The van der Waals surface area contributed by atoms with E-state index in [1.54, 1.807) is 0 Å². The maximum atomic E-state index is 5.87. The fourth-order valence-electron chi connectivity index (χ4n) is 2.29. The fraction of sp³-hybridized carbons (Fsp3) is 0.263. The molecule has 0 saturated carbocycles. The van der Waals surface area contributed by atoms with E-state index in [-0.39, 0.29) is 5.41 Å². The Bertz CT molecular complexity index is 757. The van der Waals surface area contributed by atoms with Crippen LogP contribution in [-0.4, -0.2) is 10.2 Å². The Labute approximate surface area is 136 Å². The van der Waals surface area contributed by atoms with Gasteiger partial charge in [0.2, 0.25) is 12.3 Å². The Balaban J connectivity index is 1.68. The van der Waals surface area contributed by atoms with E-state index in [9.17, 15) is 0 Å². The molecule has 0 radical (unpaired) electrons. The normalized spacial score (nSPS) is 11.4. The Hall–Kier alpha value is -2.62. The lowest BCUT2D eigenvalue weighted by atomic mass is 9.87. The first kappa shape index (κ1) is 15.3. The van der Waals surface area contributed by atoms with Crippen LogP contribution in [0.3, 0.4) is 0 Å². The molecule has 4 heteroatoms. The van der Waals surface area contributed by atoms with Gasteiger partial charge in [-0.1, -0.05) is 51.1 Å². The Morgan fingerprint density at radius 2 is 1.83 bits per heavy atom. The summed E-state index contributed by atoms with van der Waals surface area (Å²) >= 11 is 0. The highest BCUT2D eigenvalue weighted by atomic mass is 16.5. The van der Waals surface area contributed by atoms with Gasteiger partial charge in [-0.05, 0) is 34.7 Å². The van der Waals surface area contributed by atoms with Crippen LogP contribution in [0, 0.1) is 0 Å². The van der Waals surface area contributed by atoms with Crippen molar-refractivity contribution in [3.8, 4) is 17.2 Å². The van der Waals surface area contributed by atoms with Crippen molar-refractivity contribution in [2.24, 2.45) is 0 Å². The van der Waals surface area contributed by atoms with Crippen LogP contribution in [0.5, 0.6) is 5.75 Å². The number of rotatable bonds is 4. The molecule has 3 rings (SSSR count). The number of nitrogens with zero attached hydrogens (tertiary/aromatic N) is 2. The molecule has 0 bridgehead atoms. The first-order chi connectivity index (χ1) is 11.0. The van der Waals surface area contributed by atoms with E-state index in [1.807, 2.05) is 24.3 Å². The van der Waals surface area contributed by atoms with Crippen molar-refractivity contribution in [1.82, 2.24) is 10.2 Å². The van der Waals surface area contributed by atoms with Crippen LogP contribution in [-0.2, 0) is 12.0 Å². The Morgan fingerprint density at radius 1 is 1.04 bits per heavy atom. The monoisotopic (exact) mass is 308 g/mol. The molecular weight excluding hydrogens is 288 g/mol. The minimum Gasteiger partial charge on any atom is -0.489 e. The van der Waals surface area contributed by atoms with Crippen LogP contribution in [0.25, 0.3) is 11.5 Å². The highest BCUT2D eigenvalue weighted by molar-refractivity contribution is 5.55. The molecular formula is C19H20N2O2. The highest BCUT2D eigenvalue weighted by Crippen LogP contribution is 2.24. The lowest BCUT2D eigenvalue weighted by Crippen LogP contribution is -2.10. The molecule has 0 aliphatic rings. The van der Waals surface area contributed by atoms with Gasteiger partial charge in [0, 0.05) is 5.56 Å². The molecule has 0 aliphatic heterocycles. The van der Waals surface area contributed by atoms with Crippen LogP contribution < -0.4 is 4.74 Å². The van der Waals surface area contributed by atoms with Crippen molar-refractivity contribution >= 4 is 0 Å². The molecule has 0 spiro atoms. The van der Waals surface area contributed by atoms with Gasteiger partial charge < -0.3 is 9.15 Å². The fourth-order valence-corrected chi connectivity index (χ4v) is 2.29. The van der Waals surface area contributed by atoms with Gasteiger partial charge in [0.05, 0.1) is 0 Å². The zero-order chi connectivity index (χ0) is 16.3. The van der Waals surface area contributed by atoms with E-state index >= 15 is 0 Å². The summed E-state index contributed by atoms with van der Waals surface area (Å²) in [7, 11) is 0. The molecule has 3 aromatic rings. The van der Waals surface area contributed by atoms with Crippen LogP contribution in [0.4, 0.5) is 0 Å². The van der Waals surface area contributed by atoms with E-state index < -0.39 is 0 Å². The van der Waals surface area contributed by atoms with Crippen molar-refractivity contribution in [1.29, 1.82) is 0 Å². The van der Waals surface area contributed by atoms with Gasteiger partial charge >= 0.3 is 0 Å². The van der Waals surface area contributed by atoms with Crippen LogP contribution >= 0.6 is 0 Å². The van der Waals surface area contributed by atoms with Gasteiger partial charge in [-0.25, -0.2) is 0 Å². The molecule has 0 unspecified atom stereocenters. The van der Waals surface area contributed by atoms with Gasteiger partial charge in [0.25, 0.3) is 0 Å². The first-order valence-corrected chi connectivity index (χ1v) is 7.61. The zero-order valence-electron chi connectivity index (χ0n) is 13.6. The van der Waals surface area contributed by atoms with Crippen LogP contribution in [0.1, 0.15) is 31.9 Å². The summed E-state index contributed by atoms with van der Waals surface area (Å²) < 4.78 is 11.1. The van der Waals surface area contributed by atoms with E-state index in [4.69, 9.17) is 9.15 Å². The number of hydrogen-bond donors (Lipinski definition) is 0. The molecule has 0 saturated heterocycles. The van der Waals surface area contributed by atoms with Gasteiger partial charge in [0.15, 0.2) is 0 Å². The molecule has 118 valence electrons. The summed E-state index contributed by atoms with van der Waals surface area (Å²) in [6.07, 6.45) is 1.32. The van der Waals surface area contributed by atoms with Crippen LogP contribution in [0.15, 0.2) is 59.3 Å². The minimum absolute atomic E-state index is 0.164. The summed E-state index contributed by atoms with van der Waals surface area (Å²) in [5.41, 5.74) is 3.47. The number of aromatic nitrogens is 2. The maximum absolute atomic E-state index is 5.87. The van der Waals surface area contributed by atoms with Crippen molar-refractivity contribution < 1.29 is 9.15 Å². The van der Waals surface area contributed by atoms with E-state index in [2.05, 4.69) is 55.2 Å². The molecule has 23 heavy (non-hydrogen) atoms. The first-order valence-electron chi connectivity index (χ1n) is 7.61. The predicted octanol–water partition coefficient (Wildman–Crippen LogP) is 4.61. The zero-order valence-corrected chi connectivity index (χ0v) is 13.6. The summed E-state index contributed by atoms with van der Waals surface area (Å²) in [5, 5.41) is 7.60. The predicted molar refractivity (Wildman–Crippen MR) is 89.2 cm³/mol. The number of hydrogen-bond acceptors (Lipinski definition) is 4. The van der Waals surface area contributed by atoms with Crippen molar-refractivity contribution in [2.45, 2.75) is 32.8 Å². The van der Waals surface area contributed by atoms with E-state index in [1.165, 1.54) is 12.0 Å². The average Bonchev–Trinajstić information content (AvgIpc) is 3.07. The second-order valence-electron chi connectivity index (χ2n) is 6.51. The van der Waals surface area contributed by atoms with E-state index in [0.29, 0.717) is 12.5 Å². The summed E-state index contributed by atoms with van der Waals surface area (Å²) in [6.45, 7) is 7.16. The number of benzene rings is 2. The molecule has 2 aromatic carbocycles. The van der Waals surface area contributed by atoms with Crippen molar-refractivity contribution in [3.05, 3.63) is 66.1 Å². The molecule has 0 aliphatic carbocycles. The second kappa shape index (κ2) is 6.24. The molecule has 0 atom stereocenters. The molecule has 4 nitrogen and oxygen atoms in total. The lowest BCUT2D eigenvalue weighted by molar-refractivity contribution is 0.306. The van der Waals surface area contributed by atoms with Gasteiger partial charge in [0.1, 0.15) is 12.4 Å². The standard InChI is InChI=1S/C19H20N2O2/c1-19(2,3)16-9-7-14(8-10-16)12-22-17-6-4-5-15(11-17)18-21-20-13-23-18/h4-11,13H,12H2,1-3H3. The molecule has 1 heterocycles. The van der Waals surface area contributed by atoms with Gasteiger partial charge in [-0.2, -0.15) is 0 Å². The second-order valence-corrected chi connectivity index (χ2v) is 6.51. The summed E-state index contributed by atoms with van der Waals surface area (Å²) in [6, 6.07) is 16.2. The van der Waals surface area contributed by atoms with Gasteiger partial charge in [-0.15, -0.1) is 10.2 Å².